The lowest BCUT2D eigenvalue weighted by atomic mass is 9.98. The predicted molar refractivity (Wildman–Crippen MR) is 110 cm³/mol. The molecule has 1 heterocycles. The second-order valence-electron chi connectivity index (χ2n) is 7.73. The van der Waals surface area contributed by atoms with Crippen molar-refractivity contribution in [2.45, 2.75) is 65.1 Å². The zero-order valence-electron chi connectivity index (χ0n) is 17.8. The number of benzene rings is 1. The molecule has 1 N–H and O–H groups in total. The summed E-state index contributed by atoms with van der Waals surface area (Å²) in [5.74, 6) is 0.325. The number of nitrogens with zero attached hydrogens (tertiary/aromatic N) is 2. The normalized spacial score (nSPS) is 17.7. The van der Waals surface area contributed by atoms with Gasteiger partial charge in [0.25, 0.3) is 0 Å². The highest BCUT2D eigenvalue weighted by atomic mass is 32.2. The lowest BCUT2D eigenvalue weighted by Crippen LogP contribution is -2.46. The maximum Gasteiger partial charge on any atom is 0.429 e. The highest BCUT2D eigenvalue weighted by Crippen LogP contribution is 2.47. The third-order valence-corrected chi connectivity index (χ3v) is 6.84. The molecule has 1 aromatic rings. The number of para-hydroxylation sites is 1. The van der Waals surface area contributed by atoms with E-state index >= 15 is 0 Å². The van der Waals surface area contributed by atoms with Gasteiger partial charge in [-0.2, -0.15) is 17.0 Å². The van der Waals surface area contributed by atoms with Gasteiger partial charge in [-0.05, 0) is 32.8 Å². The Morgan fingerprint density at radius 3 is 2.34 bits per heavy atom. The van der Waals surface area contributed by atoms with Gasteiger partial charge in [-0.3, -0.25) is 0 Å². The van der Waals surface area contributed by atoms with Gasteiger partial charge in [-0.1, -0.05) is 38.8 Å². The fraction of sp³-hybridized carbons (Fsp3) is 0.650. The van der Waals surface area contributed by atoms with E-state index in [0.717, 1.165) is 12.8 Å². The van der Waals surface area contributed by atoms with E-state index in [1.165, 1.54) is 17.4 Å². The van der Waals surface area contributed by atoms with E-state index in [2.05, 4.69) is 0 Å². The maximum absolute atomic E-state index is 12.9. The van der Waals surface area contributed by atoms with Gasteiger partial charge in [0.15, 0.2) is 11.5 Å². The molecule has 29 heavy (non-hydrogen) atoms. The van der Waals surface area contributed by atoms with E-state index < -0.39 is 28.0 Å². The fourth-order valence-electron chi connectivity index (χ4n) is 3.07. The van der Waals surface area contributed by atoms with Crippen LogP contribution < -0.4 is 9.47 Å². The SMILES string of the molecule is CCCCN(CCCC)S(=O)(=O)N(C)C(=O)Oc1cccc2c1OC(C)(C)C2O. The second-order valence-corrected chi connectivity index (χ2v) is 9.69. The number of rotatable bonds is 9. The van der Waals surface area contributed by atoms with E-state index in [9.17, 15) is 18.3 Å². The monoisotopic (exact) mass is 428 g/mol. The number of unbranched alkanes of at least 4 members (excludes halogenated alkanes) is 2. The lowest BCUT2D eigenvalue weighted by Gasteiger charge is -2.27. The Hall–Kier alpha value is -1.84. The minimum Gasteiger partial charge on any atom is -0.480 e. The number of aliphatic hydroxyl groups excluding tert-OH is 1. The van der Waals surface area contributed by atoms with Gasteiger partial charge in [-0.25, -0.2) is 4.79 Å². The van der Waals surface area contributed by atoms with Crippen molar-refractivity contribution in [1.82, 2.24) is 8.61 Å². The van der Waals surface area contributed by atoms with Crippen LogP contribution in [0.1, 0.15) is 65.0 Å². The quantitative estimate of drug-likeness (QED) is 0.647. The molecule has 1 atom stereocenters. The molecular formula is C20H32N2O6S. The summed E-state index contributed by atoms with van der Waals surface area (Å²) >= 11 is 0. The number of hydrogen-bond acceptors (Lipinski definition) is 6. The molecule has 2 rings (SSSR count). The van der Waals surface area contributed by atoms with Crippen LogP contribution in [0, 0.1) is 0 Å². The Kier molecular flexibility index (Phi) is 7.53. The third kappa shape index (κ3) is 5.02. The van der Waals surface area contributed by atoms with Gasteiger partial charge in [0, 0.05) is 25.7 Å². The maximum atomic E-state index is 12.9. The van der Waals surface area contributed by atoms with Crippen LogP contribution >= 0.6 is 0 Å². The van der Waals surface area contributed by atoms with Gasteiger partial charge in [-0.15, -0.1) is 0 Å². The van der Waals surface area contributed by atoms with Crippen LogP contribution in [-0.4, -0.2) is 54.0 Å². The molecule has 8 nitrogen and oxygen atoms in total. The summed E-state index contributed by atoms with van der Waals surface area (Å²) in [5.41, 5.74) is -0.377. The molecule has 164 valence electrons. The van der Waals surface area contributed by atoms with Crippen molar-refractivity contribution < 1.29 is 27.8 Å². The average molecular weight is 429 g/mol. The molecule has 9 heteroatoms. The lowest BCUT2D eigenvalue weighted by molar-refractivity contribution is -0.000227. The Morgan fingerprint density at radius 1 is 1.21 bits per heavy atom. The van der Waals surface area contributed by atoms with Gasteiger partial charge in [0.05, 0.1) is 0 Å². The van der Waals surface area contributed by atoms with Crippen LogP contribution in [-0.2, 0) is 10.2 Å². The van der Waals surface area contributed by atoms with Crippen LogP contribution in [0.3, 0.4) is 0 Å². The number of carbonyl (C=O) groups excluding carboxylic acids is 1. The number of carbonyl (C=O) groups is 1. The van der Waals surface area contributed by atoms with Gasteiger partial charge in [0.2, 0.25) is 0 Å². The van der Waals surface area contributed by atoms with Crippen molar-refractivity contribution in [3.63, 3.8) is 0 Å². The molecule has 0 saturated heterocycles. The minimum absolute atomic E-state index is 0.0767. The summed E-state index contributed by atoms with van der Waals surface area (Å²) in [6.07, 6.45) is 1.20. The number of hydrogen-bond donors (Lipinski definition) is 1. The molecule has 0 spiro atoms. The van der Waals surface area contributed by atoms with E-state index in [-0.39, 0.29) is 11.5 Å². The van der Waals surface area contributed by atoms with E-state index in [1.54, 1.807) is 26.0 Å². The summed E-state index contributed by atoms with van der Waals surface area (Å²) in [6, 6.07) is 4.82. The van der Waals surface area contributed by atoms with Crippen LogP contribution in [0.4, 0.5) is 4.79 Å². The summed E-state index contributed by atoms with van der Waals surface area (Å²) in [4.78, 5) is 12.6. The van der Waals surface area contributed by atoms with Gasteiger partial charge < -0.3 is 14.6 Å². The molecule has 1 aliphatic heterocycles. The first-order chi connectivity index (χ1) is 13.6. The summed E-state index contributed by atoms with van der Waals surface area (Å²) < 4.78 is 38.9. The first-order valence-electron chi connectivity index (χ1n) is 10.0. The Bertz CT molecular complexity index is 816. The predicted octanol–water partition coefficient (Wildman–Crippen LogP) is 3.47. The molecule has 0 bridgehead atoms. The van der Waals surface area contributed by atoms with E-state index in [4.69, 9.17) is 9.47 Å². The molecular weight excluding hydrogens is 396 g/mol. The van der Waals surface area contributed by atoms with Crippen LogP contribution in [0.5, 0.6) is 11.5 Å². The Morgan fingerprint density at radius 2 is 1.79 bits per heavy atom. The molecule has 0 aromatic heterocycles. The van der Waals surface area contributed by atoms with E-state index in [0.29, 0.717) is 35.8 Å². The van der Waals surface area contributed by atoms with Crippen molar-refractivity contribution in [2.75, 3.05) is 20.1 Å². The third-order valence-electron chi connectivity index (χ3n) is 4.98. The largest absolute Gasteiger partial charge is 0.480 e. The van der Waals surface area contributed by atoms with Gasteiger partial charge >= 0.3 is 16.3 Å². The Balaban J connectivity index is 2.21. The fourth-order valence-corrected chi connectivity index (χ4v) is 4.36. The van der Waals surface area contributed by atoms with Crippen molar-refractivity contribution in [1.29, 1.82) is 0 Å². The van der Waals surface area contributed by atoms with Crippen LogP contribution in [0.2, 0.25) is 0 Å². The van der Waals surface area contributed by atoms with E-state index in [1.807, 2.05) is 13.8 Å². The topological polar surface area (TPSA) is 96.4 Å². The zero-order valence-corrected chi connectivity index (χ0v) is 18.7. The molecule has 1 aromatic carbocycles. The second kappa shape index (κ2) is 9.32. The van der Waals surface area contributed by atoms with Crippen molar-refractivity contribution >= 4 is 16.3 Å². The minimum atomic E-state index is -4.01. The number of amides is 1. The number of aliphatic hydroxyl groups is 1. The molecule has 0 aliphatic carbocycles. The molecule has 1 amide bonds. The number of ether oxygens (including phenoxy) is 2. The molecule has 0 fully saturated rings. The van der Waals surface area contributed by atoms with Crippen LogP contribution in [0.25, 0.3) is 0 Å². The van der Waals surface area contributed by atoms with Gasteiger partial charge in [0.1, 0.15) is 11.7 Å². The van der Waals surface area contributed by atoms with Crippen molar-refractivity contribution in [2.24, 2.45) is 0 Å². The molecule has 1 unspecified atom stereocenters. The van der Waals surface area contributed by atoms with Crippen molar-refractivity contribution in [3.8, 4) is 11.5 Å². The molecule has 0 radical (unpaired) electrons. The zero-order chi connectivity index (χ0) is 21.8. The summed E-state index contributed by atoms with van der Waals surface area (Å²) in [7, 11) is -2.82. The first kappa shape index (κ1) is 23.4. The molecule has 1 aliphatic rings. The average Bonchev–Trinajstić information content (AvgIpc) is 2.91. The number of fused-ring (bicyclic) bond motifs is 1. The molecule has 0 saturated carbocycles. The first-order valence-corrected chi connectivity index (χ1v) is 11.4. The Labute approximate surface area is 173 Å². The standard InChI is InChI=1S/C20H32N2O6S/c1-6-8-13-22(14-9-7-2)29(25,26)21(5)19(24)27-16-12-10-11-15-17(16)28-20(3,4)18(15)23/h10-12,18,23H,6-9,13-14H2,1-5H3. The van der Waals surface area contributed by atoms with Crippen molar-refractivity contribution in [3.05, 3.63) is 23.8 Å². The van der Waals surface area contributed by atoms with Crippen LogP contribution in [0.15, 0.2) is 18.2 Å². The summed E-state index contributed by atoms with van der Waals surface area (Å²) in [5, 5.41) is 10.4. The smallest absolute Gasteiger partial charge is 0.429 e. The highest BCUT2D eigenvalue weighted by Gasteiger charge is 2.42. The summed E-state index contributed by atoms with van der Waals surface area (Å²) in [6.45, 7) is 8.10. The highest BCUT2D eigenvalue weighted by molar-refractivity contribution is 7.87.